The van der Waals surface area contributed by atoms with E-state index >= 15 is 0 Å². The monoisotopic (exact) mass is 336 g/mol. The van der Waals surface area contributed by atoms with E-state index in [0.29, 0.717) is 18.0 Å². The van der Waals surface area contributed by atoms with Crippen molar-refractivity contribution in [3.8, 4) is 11.1 Å². The Hall–Kier alpha value is -2.65. The van der Waals surface area contributed by atoms with Crippen molar-refractivity contribution in [3.63, 3.8) is 0 Å². The van der Waals surface area contributed by atoms with Gasteiger partial charge in [0.15, 0.2) is 0 Å². The van der Waals surface area contributed by atoms with Gasteiger partial charge in [0.25, 0.3) is 0 Å². The van der Waals surface area contributed by atoms with Gasteiger partial charge >= 0.3 is 0 Å². The molecule has 2 aromatic carbocycles. The zero-order valence-corrected chi connectivity index (χ0v) is 13.8. The van der Waals surface area contributed by atoms with Crippen molar-refractivity contribution in [2.45, 2.75) is 13.0 Å². The van der Waals surface area contributed by atoms with Crippen LogP contribution in [0, 0.1) is 0 Å². The predicted octanol–water partition coefficient (Wildman–Crippen LogP) is 4.26. The van der Waals surface area contributed by atoms with E-state index in [4.69, 9.17) is 11.6 Å². The van der Waals surface area contributed by atoms with Crippen molar-refractivity contribution >= 4 is 17.5 Å². The standard InChI is InChI=1S/C20H17ClN2O/c21-18-9-7-15(8-10-18)12-20(24)23-14-17-4-1-2-6-19(17)16-5-3-11-22-13-16/h1-11,13H,12,14H2,(H,23,24). The van der Waals surface area contributed by atoms with Crippen LogP contribution in [0.2, 0.25) is 5.02 Å². The Morgan fingerprint density at radius 1 is 1.00 bits per heavy atom. The van der Waals surface area contributed by atoms with E-state index in [1.807, 2.05) is 54.7 Å². The second kappa shape index (κ2) is 7.75. The molecule has 0 saturated carbocycles. The first-order chi connectivity index (χ1) is 11.7. The molecule has 0 spiro atoms. The summed E-state index contributed by atoms with van der Waals surface area (Å²) in [5.41, 5.74) is 4.13. The summed E-state index contributed by atoms with van der Waals surface area (Å²) in [5.74, 6) is -0.0155. The van der Waals surface area contributed by atoms with Crippen molar-refractivity contribution in [1.82, 2.24) is 10.3 Å². The molecule has 0 fully saturated rings. The maximum absolute atomic E-state index is 12.2. The average Bonchev–Trinajstić information content (AvgIpc) is 2.63. The number of carbonyl (C=O) groups is 1. The number of nitrogens with zero attached hydrogens (tertiary/aromatic N) is 1. The van der Waals surface area contributed by atoms with Gasteiger partial charge in [0.2, 0.25) is 5.91 Å². The van der Waals surface area contributed by atoms with Crippen LogP contribution in [0.5, 0.6) is 0 Å². The molecule has 0 aliphatic carbocycles. The smallest absolute Gasteiger partial charge is 0.224 e. The summed E-state index contributed by atoms with van der Waals surface area (Å²) in [6, 6.07) is 19.3. The van der Waals surface area contributed by atoms with Crippen LogP contribution in [-0.2, 0) is 17.8 Å². The van der Waals surface area contributed by atoms with Crippen LogP contribution >= 0.6 is 11.6 Å². The number of pyridine rings is 1. The highest BCUT2D eigenvalue weighted by atomic mass is 35.5. The van der Waals surface area contributed by atoms with Crippen LogP contribution in [0.4, 0.5) is 0 Å². The minimum Gasteiger partial charge on any atom is -0.352 e. The molecular formula is C20H17ClN2O. The van der Waals surface area contributed by atoms with Gasteiger partial charge in [-0.05, 0) is 34.9 Å². The first-order valence-electron chi connectivity index (χ1n) is 7.72. The third kappa shape index (κ3) is 4.21. The van der Waals surface area contributed by atoms with Crippen LogP contribution in [0.1, 0.15) is 11.1 Å². The van der Waals surface area contributed by atoms with Crippen molar-refractivity contribution in [2.24, 2.45) is 0 Å². The SMILES string of the molecule is O=C(Cc1ccc(Cl)cc1)NCc1ccccc1-c1cccnc1. The van der Waals surface area contributed by atoms with Crippen LogP contribution in [0.3, 0.4) is 0 Å². The average molecular weight is 337 g/mol. The Morgan fingerprint density at radius 3 is 2.54 bits per heavy atom. The summed E-state index contributed by atoms with van der Waals surface area (Å²) >= 11 is 5.86. The molecule has 0 unspecified atom stereocenters. The van der Waals surface area contributed by atoms with Gasteiger partial charge < -0.3 is 5.32 Å². The molecule has 0 bridgehead atoms. The maximum Gasteiger partial charge on any atom is 0.224 e. The molecule has 3 rings (SSSR count). The molecule has 4 heteroatoms. The maximum atomic E-state index is 12.2. The fraction of sp³-hybridized carbons (Fsp3) is 0.100. The molecule has 1 heterocycles. The Morgan fingerprint density at radius 2 is 1.79 bits per heavy atom. The molecule has 24 heavy (non-hydrogen) atoms. The number of rotatable bonds is 5. The first kappa shape index (κ1) is 16.2. The van der Waals surface area contributed by atoms with E-state index in [1.165, 1.54) is 0 Å². The summed E-state index contributed by atoms with van der Waals surface area (Å²) in [6.45, 7) is 0.484. The molecule has 1 amide bonds. The summed E-state index contributed by atoms with van der Waals surface area (Å²) in [4.78, 5) is 16.3. The van der Waals surface area contributed by atoms with Crippen molar-refractivity contribution in [2.75, 3.05) is 0 Å². The minimum atomic E-state index is -0.0155. The lowest BCUT2D eigenvalue weighted by atomic mass is 10.0. The number of aromatic nitrogens is 1. The Labute approximate surface area is 146 Å². The molecule has 3 nitrogen and oxygen atoms in total. The quantitative estimate of drug-likeness (QED) is 0.756. The van der Waals surface area contributed by atoms with Gasteiger partial charge in [0, 0.05) is 29.5 Å². The summed E-state index contributed by atoms with van der Waals surface area (Å²) in [6.07, 6.45) is 3.92. The number of benzene rings is 2. The zero-order chi connectivity index (χ0) is 16.8. The fourth-order valence-electron chi connectivity index (χ4n) is 2.52. The largest absolute Gasteiger partial charge is 0.352 e. The highest BCUT2D eigenvalue weighted by Gasteiger charge is 2.07. The third-order valence-corrected chi connectivity index (χ3v) is 4.00. The molecule has 0 saturated heterocycles. The molecule has 0 aliphatic rings. The lowest BCUT2D eigenvalue weighted by molar-refractivity contribution is -0.120. The first-order valence-corrected chi connectivity index (χ1v) is 8.09. The van der Waals surface area contributed by atoms with Gasteiger partial charge in [0.1, 0.15) is 0 Å². The summed E-state index contributed by atoms with van der Waals surface area (Å²) in [7, 11) is 0. The minimum absolute atomic E-state index is 0.0155. The van der Waals surface area contributed by atoms with Crippen molar-refractivity contribution in [3.05, 3.63) is 89.2 Å². The van der Waals surface area contributed by atoms with E-state index in [0.717, 1.165) is 22.3 Å². The van der Waals surface area contributed by atoms with Crippen molar-refractivity contribution < 1.29 is 4.79 Å². The molecule has 3 aromatic rings. The highest BCUT2D eigenvalue weighted by Crippen LogP contribution is 2.22. The fourth-order valence-corrected chi connectivity index (χ4v) is 2.65. The van der Waals surface area contributed by atoms with Gasteiger partial charge in [-0.1, -0.05) is 54.1 Å². The third-order valence-electron chi connectivity index (χ3n) is 3.74. The van der Waals surface area contributed by atoms with Crippen molar-refractivity contribution in [1.29, 1.82) is 0 Å². The normalized spacial score (nSPS) is 10.4. The van der Waals surface area contributed by atoms with Gasteiger partial charge in [-0.15, -0.1) is 0 Å². The number of amides is 1. The van der Waals surface area contributed by atoms with Crippen LogP contribution in [-0.4, -0.2) is 10.9 Å². The number of hydrogen-bond acceptors (Lipinski definition) is 2. The lowest BCUT2D eigenvalue weighted by Crippen LogP contribution is -2.24. The van der Waals surface area contributed by atoms with Crippen LogP contribution < -0.4 is 5.32 Å². The molecule has 1 N–H and O–H groups in total. The molecule has 0 atom stereocenters. The zero-order valence-electron chi connectivity index (χ0n) is 13.1. The van der Waals surface area contributed by atoms with E-state index in [9.17, 15) is 4.79 Å². The van der Waals surface area contributed by atoms with Crippen LogP contribution in [0.25, 0.3) is 11.1 Å². The molecule has 0 radical (unpaired) electrons. The topological polar surface area (TPSA) is 42.0 Å². The summed E-state index contributed by atoms with van der Waals surface area (Å²) < 4.78 is 0. The lowest BCUT2D eigenvalue weighted by Gasteiger charge is -2.11. The number of halogens is 1. The van der Waals surface area contributed by atoms with E-state index in [-0.39, 0.29) is 5.91 Å². The Kier molecular flexibility index (Phi) is 5.24. The summed E-state index contributed by atoms with van der Waals surface area (Å²) in [5, 5.41) is 3.65. The van der Waals surface area contributed by atoms with E-state index < -0.39 is 0 Å². The Bertz CT molecular complexity index is 817. The highest BCUT2D eigenvalue weighted by molar-refractivity contribution is 6.30. The molecular weight excluding hydrogens is 320 g/mol. The van der Waals surface area contributed by atoms with E-state index in [1.54, 1.807) is 18.3 Å². The van der Waals surface area contributed by atoms with Crippen LogP contribution in [0.15, 0.2) is 73.1 Å². The number of nitrogens with one attached hydrogen (secondary N) is 1. The second-order valence-electron chi connectivity index (χ2n) is 5.48. The predicted molar refractivity (Wildman–Crippen MR) is 96.7 cm³/mol. The molecule has 120 valence electrons. The van der Waals surface area contributed by atoms with E-state index in [2.05, 4.69) is 10.3 Å². The second-order valence-corrected chi connectivity index (χ2v) is 5.92. The van der Waals surface area contributed by atoms with Gasteiger partial charge in [0.05, 0.1) is 6.42 Å². The number of carbonyl (C=O) groups excluding carboxylic acids is 1. The number of hydrogen-bond donors (Lipinski definition) is 1. The Balaban J connectivity index is 1.66. The molecule has 1 aromatic heterocycles. The van der Waals surface area contributed by atoms with Gasteiger partial charge in [-0.3, -0.25) is 9.78 Å². The van der Waals surface area contributed by atoms with Gasteiger partial charge in [-0.25, -0.2) is 0 Å². The van der Waals surface area contributed by atoms with Gasteiger partial charge in [-0.2, -0.15) is 0 Å². The molecule has 0 aliphatic heterocycles.